The summed E-state index contributed by atoms with van der Waals surface area (Å²) in [6.45, 7) is 3.34. The van der Waals surface area contributed by atoms with Crippen LogP contribution in [-0.4, -0.2) is 19.2 Å². The Morgan fingerprint density at radius 1 is 1.33 bits per heavy atom. The highest BCUT2D eigenvalue weighted by molar-refractivity contribution is 5.31. The molecule has 1 aliphatic heterocycles. The Morgan fingerprint density at radius 3 is 2.44 bits per heavy atom. The molecule has 2 rings (SSSR count). The number of nitrogens with one attached hydrogen (secondary N) is 1. The van der Waals surface area contributed by atoms with E-state index in [-0.39, 0.29) is 17.8 Å². The molecule has 1 saturated heterocycles. The first-order chi connectivity index (χ1) is 8.38. The average Bonchev–Trinajstić information content (AvgIpc) is 2.16. The summed E-state index contributed by atoms with van der Waals surface area (Å²) in [5.41, 5.74) is -1.01. The third kappa shape index (κ3) is 2.75. The summed E-state index contributed by atoms with van der Waals surface area (Å²) >= 11 is 0. The second-order valence-electron chi connectivity index (χ2n) is 4.38. The van der Waals surface area contributed by atoms with E-state index < -0.39 is 17.6 Å². The van der Waals surface area contributed by atoms with E-state index in [2.05, 4.69) is 5.32 Å². The number of rotatable bonds is 3. The third-order valence-corrected chi connectivity index (χ3v) is 3.05. The fraction of sp³-hybridized carbons (Fsp3) is 0.500. The zero-order valence-electron chi connectivity index (χ0n) is 9.72. The Kier molecular flexibility index (Phi) is 3.47. The van der Waals surface area contributed by atoms with Crippen molar-refractivity contribution in [2.75, 3.05) is 13.1 Å². The van der Waals surface area contributed by atoms with E-state index in [1.54, 1.807) is 6.92 Å². The molecule has 1 fully saturated rings. The van der Waals surface area contributed by atoms with Gasteiger partial charge in [0.15, 0.2) is 11.6 Å². The Labute approximate surface area is 102 Å². The van der Waals surface area contributed by atoms with Crippen LogP contribution in [0.1, 0.15) is 12.5 Å². The number of benzene rings is 1. The molecule has 0 radical (unpaired) electrons. The van der Waals surface area contributed by atoms with Crippen molar-refractivity contribution >= 4 is 0 Å². The van der Waals surface area contributed by atoms with Crippen LogP contribution in [0.15, 0.2) is 18.2 Å². The number of ether oxygens (including phenoxy) is 1. The second-order valence-corrected chi connectivity index (χ2v) is 4.38. The van der Waals surface area contributed by atoms with Crippen molar-refractivity contribution in [2.24, 2.45) is 5.92 Å². The van der Waals surface area contributed by atoms with Crippen molar-refractivity contribution in [3.8, 4) is 5.75 Å². The van der Waals surface area contributed by atoms with Gasteiger partial charge in [0.1, 0.15) is 6.10 Å². The van der Waals surface area contributed by atoms with Gasteiger partial charge in [-0.15, -0.1) is 0 Å². The van der Waals surface area contributed by atoms with Crippen LogP contribution in [0, 0.1) is 11.7 Å². The first-order valence-corrected chi connectivity index (χ1v) is 5.62. The van der Waals surface area contributed by atoms with E-state index in [1.807, 2.05) is 0 Å². The maximum Gasteiger partial charge on any atom is 0.416 e. The lowest BCUT2D eigenvalue weighted by atomic mass is 9.97. The van der Waals surface area contributed by atoms with Crippen LogP contribution in [-0.2, 0) is 6.18 Å². The topological polar surface area (TPSA) is 21.3 Å². The molecule has 1 aromatic rings. The van der Waals surface area contributed by atoms with E-state index >= 15 is 0 Å². The van der Waals surface area contributed by atoms with Gasteiger partial charge in [-0.2, -0.15) is 13.2 Å². The van der Waals surface area contributed by atoms with Gasteiger partial charge in [0, 0.05) is 19.0 Å². The lowest BCUT2D eigenvalue weighted by molar-refractivity contribution is -0.137. The fourth-order valence-corrected chi connectivity index (χ4v) is 1.71. The molecule has 1 unspecified atom stereocenters. The third-order valence-electron chi connectivity index (χ3n) is 3.05. The summed E-state index contributed by atoms with van der Waals surface area (Å²) < 4.78 is 55.8. The maximum atomic E-state index is 13.5. The molecule has 1 aliphatic rings. The number of hydrogen-bond donors (Lipinski definition) is 1. The van der Waals surface area contributed by atoms with Crippen molar-refractivity contribution in [2.45, 2.75) is 19.2 Å². The normalized spacial score (nSPS) is 18.3. The van der Waals surface area contributed by atoms with Gasteiger partial charge in [-0.1, -0.05) is 0 Å². The van der Waals surface area contributed by atoms with Gasteiger partial charge in [-0.05, 0) is 25.1 Å². The van der Waals surface area contributed by atoms with Crippen LogP contribution in [0.25, 0.3) is 0 Å². The van der Waals surface area contributed by atoms with Crippen LogP contribution < -0.4 is 10.1 Å². The van der Waals surface area contributed by atoms with Crippen LogP contribution in [0.3, 0.4) is 0 Å². The minimum atomic E-state index is -4.54. The van der Waals surface area contributed by atoms with Crippen molar-refractivity contribution in [1.29, 1.82) is 0 Å². The summed E-state index contributed by atoms with van der Waals surface area (Å²) in [6, 6.07) is 2.31. The molecule has 0 spiro atoms. The molecular formula is C12H13F4NO. The van der Waals surface area contributed by atoms with Gasteiger partial charge in [-0.3, -0.25) is 0 Å². The molecule has 6 heteroatoms. The number of alkyl halides is 3. The number of hydrogen-bond acceptors (Lipinski definition) is 2. The lowest BCUT2D eigenvalue weighted by Gasteiger charge is -2.32. The molecule has 0 amide bonds. The van der Waals surface area contributed by atoms with E-state index in [0.717, 1.165) is 25.2 Å². The second kappa shape index (κ2) is 4.76. The summed E-state index contributed by atoms with van der Waals surface area (Å²) in [5.74, 6) is -0.849. The molecule has 1 heterocycles. The van der Waals surface area contributed by atoms with Crippen LogP contribution >= 0.6 is 0 Å². The highest BCUT2D eigenvalue weighted by Crippen LogP contribution is 2.32. The van der Waals surface area contributed by atoms with Gasteiger partial charge >= 0.3 is 6.18 Å². The Balaban J connectivity index is 2.09. The Bertz CT molecular complexity index is 429. The van der Waals surface area contributed by atoms with Gasteiger partial charge in [0.05, 0.1) is 5.56 Å². The monoisotopic (exact) mass is 263 g/mol. The first kappa shape index (κ1) is 13.1. The molecular weight excluding hydrogens is 250 g/mol. The summed E-state index contributed by atoms with van der Waals surface area (Å²) in [6.07, 6.45) is -4.76. The zero-order valence-corrected chi connectivity index (χ0v) is 9.72. The smallest absolute Gasteiger partial charge is 0.416 e. The lowest BCUT2D eigenvalue weighted by Crippen LogP contribution is -2.49. The predicted octanol–water partition coefficient (Wildman–Crippen LogP) is 2.83. The average molecular weight is 263 g/mol. The molecule has 0 aliphatic carbocycles. The van der Waals surface area contributed by atoms with Gasteiger partial charge in [0.25, 0.3) is 0 Å². The molecule has 0 saturated carbocycles. The van der Waals surface area contributed by atoms with E-state index in [1.165, 1.54) is 0 Å². The van der Waals surface area contributed by atoms with Crippen LogP contribution in [0.4, 0.5) is 17.6 Å². The van der Waals surface area contributed by atoms with Crippen molar-refractivity contribution in [3.05, 3.63) is 29.6 Å². The van der Waals surface area contributed by atoms with Crippen molar-refractivity contribution in [3.63, 3.8) is 0 Å². The van der Waals surface area contributed by atoms with Crippen molar-refractivity contribution < 1.29 is 22.3 Å². The van der Waals surface area contributed by atoms with Gasteiger partial charge in [-0.25, -0.2) is 4.39 Å². The maximum absolute atomic E-state index is 13.5. The van der Waals surface area contributed by atoms with Crippen LogP contribution in [0.5, 0.6) is 5.75 Å². The first-order valence-electron chi connectivity index (χ1n) is 5.62. The minimum Gasteiger partial charge on any atom is -0.487 e. The highest BCUT2D eigenvalue weighted by atomic mass is 19.4. The molecule has 2 nitrogen and oxygen atoms in total. The van der Waals surface area contributed by atoms with E-state index in [0.29, 0.717) is 6.07 Å². The largest absolute Gasteiger partial charge is 0.487 e. The Morgan fingerprint density at radius 2 is 2.00 bits per heavy atom. The van der Waals surface area contributed by atoms with Gasteiger partial charge < -0.3 is 10.1 Å². The van der Waals surface area contributed by atoms with E-state index in [4.69, 9.17) is 4.74 Å². The standard InChI is InChI=1S/C12H13F4NO/c1-7(8-5-17-6-8)18-11-3-2-9(4-10(11)13)12(14,15)16/h2-4,7-8,17H,5-6H2,1H3. The molecule has 0 aromatic heterocycles. The summed E-state index contributed by atoms with van der Waals surface area (Å²) in [5, 5.41) is 3.05. The van der Waals surface area contributed by atoms with Crippen molar-refractivity contribution in [1.82, 2.24) is 5.32 Å². The quantitative estimate of drug-likeness (QED) is 0.847. The molecule has 1 N–H and O–H groups in total. The molecule has 0 bridgehead atoms. The molecule has 1 atom stereocenters. The zero-order chi connectivity index (χ0) is 13.3. The predicted molar refractivity (Wildman–Crippen MR) is 57.9 cm³/mol. The molecule has 18 heavy (non-hydrogen) atoms. The molecule has 1 aromatic carbocycles. The molecule has 100 valence electrons. The summed E-state index contributed by atoms with van der Waals surface area (Å²) in [7, 11) is 0. The number of halogens is 4. The summed E-state index contributed by atoms with van der Waals surface area (Å²) in [4.78, 5) is 0. The highest BCUT2D eigenvalue weighted by Gasteiger charge is 2.32. The SMILES string of the molecule is CC(Oc1ccc(C(F)(F)F)cc1F)C1CNC1. The fourth-order valence-electron chi connectivity index (χ4n) is 1.71. The minimum absolute atomic E-state index is 0.137. The van der Waals surface area contributed by atoms with Gasteiger partial charge in [0.2, 0.25) is 0 Å². The Hall–Kier alpha value is -1.30. The van der Waals surface area contributed by atoms with Crippen LogP contribution in [0.2, 0.25) is 0 Å². The van der Waals surface area contributed by atoms with E-state index in [9.17, 15) is 17.6 Å².